The van der Waals surface area contributed by atoms with Crippen molar-refractivity contribution >= 4 is 34.6 Å². The predicted molar refractivity (Wildman–Crippen MR) is 94.1 cm³/mol. The van der Waals surface area contributed by atoms with Gasteiger partial charge in [0.1, 0.15) is 5.75 Å². The fourth-order valence-electron chi connectivity index (χ4n) is 1.94. The smallest absolute Gasteiger partial charge is 0.274 e. The molecule has 0 aliphatic rings. The van der Waals surface area contributed by atoms with Gasteiger partial charge in [-0.1, -0.05) is 24.3 Å². The largest absolute Gasteiger partial charge is 0.484 e. The second-order valence-corrected chi connectivity index (χ2v) is 5.22. The van der Waals surface area contributed by atoms with Crippen molar-refractivity contribution in [3.63, 3.8) is 0 Å². The van der Waals surface area contributed by atoms with Crippen LogP contribution in [0.4, 0.5) is 11.4 Å². The highest BCUT2D eigenvalue weighted by molar-refractivity contribution is 7.80. The summed E-state index contributed by atoms with van der Waals surface area (Å²) in [5.41, 5.74) is 0.861. The first kappa shape index (κ1) is 17.4. The Labute approximate surface area is 143 Å². The highest BCUT2D eigenvalue weighted by Gasteiger charge is 2.14. The highest BCUT2D eigenvalue weighted by atomic mass is 32.1. The Balaban J connectivity index is 1.90. The molecule has 2 N–H and O–H groups in total. The average Bonchev–Trinajstić information content (AvgIpc) is 2.55. The number of para-hydroxylation sites is 1. The average molecular weight is 345 g/mol. The number of nitrogens with zero attached hydrogens (tertiary/aromatic N) is 1. The lowest BCUT2D eigenvalue weighted by molar-refractivity contribution is -0.385. The van der Waals surface area contributed by atoms with Gasteiger partial charge in [-0.15, -0.1) is 0 Å². The molecular weight excluding hydrogens is 330 g/mol. The molecule has 0 saturated heterocycles. The Morgan fingerprint density at radius 1 is 1.21 bits per heavy atom. The number of hydrogen-bond donors (Lipinski definition) is 2. The van der Waals surface area contributed by atoms with E-state index in [2.05, 4.69) is 10.6 Å². The minimum Gasteiger partial charge on any atom is -0.484 e. The molecule has 124 valence electrons. The highest BCUT2D eigenvalue weighted by Crippen LogP contribution is 2.24. The predicted octanol–water partition coefficient (Wildman–Crippen LogP) is 2.80. The number of carbonyl (C=O) groups is 1. The molecule has 0 radical (unpaired) electrons. The Kier molecular flexibility index (Phi) is 5.80. The van der Waals surface area contributed by atoms with Gasteiger partial charge in [0.15, 0.2) is 11.7 Å². The van der Waals surface area contributed by atoms with E-state index in [1.807, 2.05) is 6.07 Å². The standard InChI is InChI=1S/C16H15N3O4S/c1-11-13(8-5-9-14(11)19(21)22)17-16(24)18-15(20)10-23-12-6-3-2-4-7-12/h2-9H,10H2,1H3,(H2,17,18,20,24). The quantitative estimate of drug-likeness (QED) is 0.492. The van der Waals surface area contributed by atoms with Crippen molar-refractivity contribution in [2.45, 2.75) is 6.92 Å². The molecule has 2 aromatic rings. The van der Waals surface area contributed by atoms with Gasteiger partial charge >= 0.3 is 0 Å². The molecule has 0 fully saturated rings. The van der Waals surface area contributed by atoms with E-state index < -0.39 is 10.8 Å². The number of nitrogens with one attached hydrogen (secondary N) is 2. The number of benzene rings is 2. The molecule has 0 aromatic heterocycles. The number of rotatable bonds is 5. The van der Waals surface area contributed by atoms with Crippen molar-refractivity contribution in [2.75, 3.05) is 11.9 Å². The van der Waals surface area contributed by atoms with Gasteiger partial charge in [0.2, 0.25) is 0 Å². The molecule has 2 aromatic carbocycles. The molecule has 0 aliphatic heterocycles. The van der Waals surface area contributed by atoms with Crippen LogP contribution in [-0.2, 0) is 4.79 Å². The molecule has 7 nitrogen and oxygen atoms in total. The molecule has 1 amide bonds. The van der Waals surface area contributed by atoms with Crippen LogP contribution in [0, 0.1) is 17.0 Å². The summed E-state index contributed by atoms with van der Waals surface area (Å²) >= 11 is 5.04. The summed E-state index contributed by atoms with van der Waals surface area (Å²) < 4.78 is 5.30. The second-order valence-electron chi connectivity index (χ2n) is 4.81. The molecule has 0 spiro atoms. The summed E-state index contributed by atoms with van der Waals surface area (Å²) in [6, 6.07) is 13.5. The number of nitro groups is 1. The van der Waals surface area contributed by atoms with E-state index in [0.29, 0.717) is 17.0 Å². The third kappa shape index (κ3) is 4.75. The SMILES string of the molecule is Cc1c(NC(=S)NC(=O)COc2ccccc2)cccc1[N+](=O)[O-]. The van der Waals surface area contributed by atoms with Crippen molar-refractivity contribution in [3.8, 4) is 5.75 Å². The first-order chi connectivity index (χ1) is 11.5. The second kappa shape index (κ2) is 8.02. The third-order valence-electron chi connectivity index (χ3n) is 3.12. The maximum atomic E-state index is 11.8. The maximum Gasteiger partial charge on any atom is 0.274 e. The van der Waals surface area contributed by atoms with Crippen LogP contribution < -0.4 is 15.4 Å². The van der Waals surface area contributed by atoms with E-state index in [0.717, 1.165) is 0 Å². The Hall–Kier alpha value is -3.00. The van der Waals surface area contributed by atoms with Crippen LogP contribution in [0.3, 0.4) is 0 Å². The van der Waals surface area contributed by atoms with Crippen LogP contribution in [0.15, 0.2) is 48.5 Å². The number of amides is 1. The van der Waals surface area contributed by atoms with Gasteiger partial charge in [-0.3, -0.25) is 20.2 Å². The summed E-state index contributed by atoms with van der Waals surface area (Å²) in [5, 5.41) is 16.2. The van der Waals surface area contributed by atoms with Gasteiger partial charge in [-0.25, -0.2) is 0 Å². The number of ether oxygens (including phenoxy) is 1. The fraction of sp³-hybridized carbons (Fsp3) is 0.125. The molecule has 24 heavy (non-hydrogen) atoms. The Morgan fingerprint density at radius 2 is 1.92 bits per heavy atom. The minimum atomic E-state index is -0.476. The zero-order chi connectivity index (χ0) is 17.5. The van der Waals surface area contributed by atoms with Gasteiger partial charge in [0, 0.05) is 6.07 Å². The zero-order valence-corrected chi connectivity index (χ0v) is 13.6. The number of carbonyl (C=O) groups excluding carboxylic acids is 1. The summed E-state index contributed by atoms with van der Waals surface area (Å²) in [5.74, 6) is 0.139. The summed E-state index contributed by atoms with van der Waals surface area (Å²) in [6.45, 7) is 1.41. The molecule has 0 heterocycles. The van der Waals surface area contributed by atoms with Crippen LogP contribution in [0.2, 0.25) is 0 Å². The summed E-state index contributed by atoms with van der Waals surface area (Å²) in [6.07, 6.45) is 0. The molecule has 8 heteroatoms. The zero-order valence-electron chi connectivity index (χ0n) is 12.8. The van der Waals surface area contributed by atoms with Crippen molar-refractivity contribution in [1.29, 1.82) is 0 Å². The van der Waals surface area contributed by atoms with Gasteiger partial charge in [0.05, 0.1) is 16.2 Å². The van der Waals surface area contributed by atoms with E-state index in [1.54, 1.807) is 37.3 Å². The van der Waals surface area contributed by atoms with Gasteiger partial charge in [-0.05, 0) is 37.3 Å². The summed E-state index contributed by atoms with van der Waals surface area (Å²) in [4.78, 5) is 22.2. The molecule has 0 saturated carbocycles. The molecule has 0 unspecified atom stereocenters. The van der Waals surface area contributed by atoms with Crippen LogP contribution in [0.5, 0.6) is 5.75 Å². The number of nitro benzene ring substituents is 1. The lowest BCUT2D eigenvalue weighted by Crippen LogP contribution is -2.37. The molecule has 0 atom stereocenters. The van der Waals surface area contributed by atoms with Crippen LogP contribution in [-0.4, -0.2) is 22.5 Å². The maximum absolute atomic E-state index is 11.8. The number of hydrogen-bond acceptors (Lipinski definition) is 5. The van der Waals surface area contributed by atoms with E-state index in [4.69, 9.17) is 17.0 Å². The van der Waals surface area contributed by atoms with Crippen LogP contribution >= 0.6 is 12.2 Å². The van der Waals surface area contributed by atoms with Gasteiger partial charge < -0.3 is 10.1 Å². The molecule has 2 rings (SSSR count). The molecule has 0 aliphatic carbocycles. The monoisotopic (exact) mass is 345 g/mol. The lowest BCUT2D eigenvalue weighted by atomic mass is 10.1. The van der Waals surface area contributed by atoms with Crippen LogP contribution in [0.25, 0.3) is 0 Å². The van der Waals surface area contributed by atoms with Crippen LogP contribution in [0.1, 0.15) is 5.56 Å². The van der Waals surface area contributed by atoms with E-state index in [-0.39, 0.29) is 17.4 Å². The fourth-order valence-corrected chi connectivity index (χ4v) is 2.16. The normalized spacial score (nSPS) is 9.88. The van der Waals surface area contributed by atoms with Crippen molar-refractivity contribution in [1.82, 2.24) is 5.32 Å². The lowest BCUT2D eigenvalue weighted by Gasteiger charge is -2.12. The van der Waals surface area contributed by atoms with E-state index in [1.165, 1.54) is 12.1 Å². The van der Waals surface area contributed by atoms with Gasteiger partial charge in [-0.2, -0.15) is 0 Å². The Bertz CT molecular complexity index is 765. The van der Waals surface area contributed by atoms with Crippen molar-refractivity contribution < 1.29 is 14.5 Å². The van der Waals surface area contributed by atoms with E-state index in [9.17, 15) is 14.9 Å². The minimum absolute atomic E-state index is 0.0264. The van der Waals surface area contributed by atoms with Crippen molar-refractivity contribution in [3.05, 3.63) is 64.2 Å². The topological polar surface area (TPSA) is 93.5 Å². The number of thiocarbonyl (C=S) groups is 1. The van der Waals surface area contributed by atoms with E-state index >= 15 is 0 Å². The first-order valence-corrected chi connectivity index (χ1v) is 7.41. The Morgan fingerprint density at radius 3 is 2.58 bits per heavy atom. The molecular formula is C16H15N3O4S. The van der Waals surface area contributed by atoms with Crippen molar-refractivity contribution in [2.24, 2.45) is 0 Å². The summed E-state index contributed by atoms with van der Waals surface area (Å²) in [7, 11) is 0. The van der Waals surface area contributed by atoms with Gasteiger partial charge in [0.25, 0.3) is 11.6 Å². The third-order valence-corrected chi connectivity index (χ3v) is 3.32. The first-order valence-electron chi connectivity index (χ1n) is 7.00. The molecule has 0 bridgehead atoms. The number of anilines is 1.